The Kier molecular flexibility index (Phi) is 5.52. The van der Waals surface area contributed by atoms with Gasteiger partial charge in [0.1, 0.15) is 33.0 Å². The molecular formula is C23H19F2N7O2S. The second-order valence-electron chi connectivity index (χ2n) is 7.83. The summed E-state index contributed by atoms with van der Waals surface area (Å²) in [4.78, 5) is 8.89. The number of alkyl halides is 2. The third-order valence-electron chi connectivity index (χ3n) is 5.47. The van der Waals surface area contributed by atoms with Gasteiger partial charge in [0.15, 0.2) is 0 Å². The van der Waals surface area contributed by atoms with Crippen molar-refractivity contribution in [2.45, 2.75) is 27.3 Å². The number of halogens is 2. The minimum absolute atomic E-state index is 0.0536. The Morgan fingerprint density at radius 2 is 1.91 bits per heavy atom. The number of aryl methyl sites for hydroxylation is 2. The second kappa shape index (κ2) is 8.55. The molecule has 0 saturated heterocycles. The molecule has 0 bridgehead atoms. The molecule has 35 heavy (non-hydrogen) atoms. The number of fused-ring (bicyclic) bond motifs is 1. The number of aromatic hydroxyl groups is 1. The molecule has 0 fully saturated rings. The summed E-state index contributed by atoms with van der Waals surface area (Å²) in [5.41, 5.74) is 8.67. The van der Waals surface area contributed by atoms with Gasteiger partial charge in [0.2, 0.25) is 5.88 Å². The lowest BCUT2D eigenvalue weighted by Crippen LogP contribution is -2.02. The van der Waals surface area contributed by atoms with Crippen molar-refractivity contribution < 1.29 is 18.6 Å². The number of pyridine rings is 2. The molecule has 4 aromatic heterocycles. The molecule has 0 aliphatic carbocycles. The Hall–Kier alpha value is -4.19. The summed E-state index contributed by atoms with van der Waals surface area (Å²) < 4.78 is 33.1. The number of hydrogen-bond acceptors (Lipinski definition) is 9. The van der Waals surface area contributed by atoms with Gasteiger partial charge in [0.25, 0.3) is 0 Å². The van der Waals surface area contributed by atoms with Gasteiger partial charge in [-0.3, -0.25) is 0 Å². The maximum absolute atomic E-state index is 13.2. The largest absolute Gasteiger partial charge is 0.508 e. The fourth-order valence-electron chi connectivity index (χ4n) is 3.68. The first-order valence-electron chi connectivity index (χ1n) is 10.4. The lowest BCUT2D eigenvalue weighted by Gasteiger charge is -2.16. The number of anilines is 1. The maximum atomic E-state index is 13.2. The summed E-state index contributed by atoms with van der Waals surface area (Å²) in [6.45, 7) is 2.58. The van der Waals surface area contributed by atoms with Crippen LogP contribution in [0.2, 0.25) is 0 Å². The number of benzene rings is 1. The average molecular weight is 496 g/mol. The van der Waals surface area contributed by atoms with Crippen molar-refractivity contribution in [2.24, 2.45) is 0 Å². The second-order valence-corrected chi connectivity index (χ2v) is 9.02. The molecule has 1 aromatic carbocycles. The minimum atomic E-state index is -2.79. The molecule has 3 N–H and O–H groups in total. The van der Waals surface area contributed by atoms with Crippen LogP contribution in [0.15, 0.2) is 36.7 Å². The van der Waals surface area contributed by atoms with E-state index in [0.29, 0.717) is 37.3 Å². The van der Waals surface area contributed by atoms with Gasteiger partial charge in [-0.15, -0.1) is 10.2 Å². The quantitative estimate of drug-likeness (QED) is 0.331. The Morgan fingerprint density at radius 3 is 2.60 bits per heavy atom. The number of ether oxygens (including phenoxy) is 1. The standard InChI is InChI=1S/C23H19F2N7O2S/c1-10-4-5-17(33)11(2)19(10)34-21-18-13(8-16(28-21)15-6-7-32(31-15)23(24)25)14(9-27-20(18)26)22-30-29-12(3)35-22/h4-9,23,33H,1-3H3,(H2,26,27). The molecular weight excluding hydrogens is 476 g/mol. The van der Waals surface area contributed by atoms with E-state index in [1.165, 1.54) is 23.6 Å². The van der Waals surface area contributed by atoms with Crippen LogP contribution < -0.4 is 10.5 Å². The van der Waals surface area contributed by atoms with Crippen LogP contribution in [0.5, 0.6) is 17.4 Å². The van der Waals surface area contributed by atoms with Crippen LogP contribution >= 0.6 is 11.3 Å². The number of nitrogen functional groups attached to an aromatic ring is 1. The highest BCUT2D eigenvalue weighted by Crippen LogP contribution is 2.42. The van der Waals surface area contributed by atoms with Crippen LogP contribution in [0.25, 0.3) is 32.7 Å². The van der Waals surface area contributed by atoms with Gasteiger partial charge in [0.05, 0.1) is 11.1 Å². The van der Waals surface area contributed by atoms with Crippen LogP contribution in [-0.4, -0.2) is 35.1 Å². The molecule has 178 valence electrons. The maximum Gasteiger partial charge on any atom is 0.333 e. The molecule has 4 heterocycles. The van der Waals surface area contributed by atoms with Crippen molar-refractivity contribution >= 4 is 27.9 Å². The van der Waals surface area contributed by atoms with Crippen LogP contribution in [0.1, 0.15) is 22.7 Å². The molecule has 0 spiro atoms. The van der Waals surface area contributed by atoms with Gasteiger partial charge in [-0.2, -0.15) is 13.9 Å². The number of nitrogens with zero attached hydrogens (tertiary/aromatic N) is 6. The Balaban J connectivity index is 1.80. The summed E-state index contributed by atoms with van der Waals surface area (Å²) in [5.74, 6) is 0.699. The molecule has 12 heteroatoms. The lowest BCUT2D eigenvalue weighted by atomic mass is 10.1. The first kappa shape index (κ1) is 22.6. The van der Waals surface area contributed by atoms with Gasteiger partial charge in [0, 0.05) is 28.9 Å². The summed E-state index contributed by atoms with van der Waals surface area (Å²) in [5, 5.41) is 24.8. The normalized spacial score (nSPS) is 11.5. The highest BCUT2D eigenvalue weighted by molar-refractivity contribution is 7.14. The zero-order chi connectivity index (χ0) is 24.9. The van der Waals surface area contributed by atoms with Crippen LogP contribution in [0.4, 0.5) is 14.6 Å². The fourth-order valence-corrected chi connectivity index (χ4v) is 4.40. The van der Waals surface area contributed by atoms with Crippen molar-refractivity contribution in [2.75, 3.05) is 5.73 Å². The van der Waals surface area contributed by atoms with Crippen LogP contribution in [0, 0.1) is 20.8 Å². The highest BCUT2D eigenvalue weighted by Gasteiger charge is 2.21. The molecule has 0 amide bonds. The van der Waals surface area contributed by atoms with E-state index in [9.17, 15) is 13.9 Å². The van der Waals surface area contributed by atoms with Crippen LogP contribution in [-0.2, 0) is 0 Å². The van der Waals surface area contributed by atoms with Gasteiger partial charge < -0.3 is 15.6 Å². The smallest absolute Gasteiger partial charge is 0.333 e. The number of aromatic nitrogens is 6. The van der Waals surface area contributed by atoms with Gasteiger partial charge in [-0.1, -0.05) is 17.4 Å². The van der Waals surface area contributed by atoms with Gasteiger partial charge in [-0.05, 0) is 44.5 Å². The lowest BCUT2D eigenvalue weighted by molar-refractivity contribution is 0.0568. The molecule has 0 aliphatic heterocycles. The first-order valence-corrected chi connectivity index (χ1v) is 11.2. The van der Waals surface area contributed by atoms with E-state index in [1.807, 2.05) is 13.8 Å². The van der Waals surface area contributed by atoms with E-state index < -0.39 is 6.55 Å². The van der Waals surface area contributed by atoms with Crippen molar-refractivity contribution in [3.63, 3.8) is 0 Å². The average Bonchev–Trinajstić information content (AvgIpc) is 3.49. The molecule has 5 aromatic rings. The predicted molar refractivity (Wildman–Crippen MR) is 128 cm³/mol. The molecule has 0 aliphatic rings. The predicted octanol–water partition coefficient (Wildman–Crippen LogP) is 5.41. The molecule has 0 unspecified atom stereocenters. The van der Waals surface area contributed by atoms with E-state index in [1.54, 1.807) is 31.3 Å². The zero-order valence-electron chi connectivity index (χ0n) is 18.8. The Morgan fingerprint density at radius 1 is 1.11 bits per heavy atom. The SMILES string of the molecule is Cc1nnc(-c2cnc(N)c3c(Oc4c(C)ccc(O)c4C)nc(-c4ccn(C(F)F)n4)cc23)s1. The van der Waals surface area contributed by atoms with Gasteiger partial charge >= 0.3 is 6.55 Å². The summed E-state index contributed by atoms with van der Waals surface area (Å²) in [6.07, 6.45) is 2.75. The Bertz CT molecular complexity index is 1580. The minimum Gasteiger partial charge on any atom is -0.508 e. The summed E-state index contributed by atoms with van der Waals surface area (Å²) >= 11 is 1.37. The number of nitrogens with two attached hydrogens (primary N) is 1. The monoisotopic (exact) mass is 495 g/mol. The third kappa shape index (κ3) is 4.01. The van der Waals surface area contributed by atoms with Crippen molar-refractivity contribution in [3.8, 4) is 39.3 Å². The van der Waals surface area contributed by atoms with E-state index in [2.05, 4.69) is 25.3 Å². The molecule has 0 radical (unpaired) electrons. The molecule has 0 atom stereocenters. The van der Waals surface area contributed by atoms with Crippen molar-refractivity contribution in [1.29, 1.82) is 0 Å². The highest BCUT2D eigenvalue weighted by atomic mass is 32.1. The zero-order valence-corrected chi connectivity index (χ0v) is 19.6. The fraction of sp³-hybridized carbons (Fsp3) is 0.174. The number of hydrogen-bond donors (Lipinski definition) is 2. The van der Waals surface area contributed by atoms with Gasteiger partial charge in [-0.25, -0.2) is 14.6 Å². The summed E-state index contributed by atoms with van der Waals surface area (Å²) in [7, 11) is 0. The van der Waals surface area contributed by atoms with Crippen LogP contribution in [0.3, 0.4) is 0 Å². The number of rotatable bonds is 5. The summed E-state index contributed by atoms with van der Waals surface area (Å²) in [6, 6.07) is 6.41. The Labute approximate surface area is 201 Å². The van der Waals surface area contributed by atoms with E-state index >= 15 is 0 Å². The van der Waals surface area contributed by atoms with E-state index in [-0.39, 0.29) is 28.8 Å². The molecule has 9 nitrogen and oxygen atoms in total. The topological polar surface area (TPSA) is 125 Å². The first-order chi connectivity index (χ1) is 16.7. The number of phenolic OH excluding ortho intramolecular Hbond substituents is 1. The molecule has 0 saturated carbocycles. The van der Waals surface area contributed by atoms with E-state index in [0.717, 1.165) is 10.6 Å². The number of phenols is 1. The third-order valence-corrected chi connectivity index (χ3v) is 6.34. The van der Waals surface area contributed by atoms with Crippen molar-refractivity contribution in [3.05, 3.63) is 52.8 Å². The molecule has 5 rings (SSSR count). The van der Waals surface area contributed by atoms with Crippen molar-refractivity contribution in [1.82, 2.24) is 29.9 Å². The van der Waals surface area contributed by atoms with E-state index in [4.69, 9.17) is 10.5 Å².